The number of hydrogen-bond acceptors (Lipinski definition) is 1. The highest BCUT2D eigenvalue weighted by Gasteiger charge is 2.31. The Balaban J connectivity index is 2.22. The van der Waals surface area contributed by atoms with E-state index in [1.54, 1.807) is 12.1 Å². The predicted molar refractivity (Wildman–Crippen MR) is 78.5 cm³/mol. The molecule has 1 aliphatic rings. The van der Waals surface area contributed by atoms with Gasteiger partial charge in [-0.3, -0.25) is 0 Å². The molecule has 0 saturated heterocycles. The van der Waals surface area contributed by atoms with Crippen LogP contribution in [0.25, 0.3) is 0 Å². The van der Waals surface area contributed by atoms with Gasteiger partial charge in [-0.1, -0.05) is 39.0 Å². The maximum absolute atomic E-state index is 14.1. The van der Waals surface area contributed by atoms with Crippen molar-refractivity contribution in [2.24, 2.45) is 17.8 Å². The van der Waals surface area contributed by atoms with E-state index in [4.69, 9.17) is 0 Å². The van der Waals surface area contributed by atoms with Crippen LogP contribution in [0.2, 0.25) is 0 Å². The van der Waals surface area contributed by atoms with E-state index >= 15 is 0 Å². The molecule has 0 bridgehead atoms. The summed E-state index contributed by atoms with van der Waals surface area (Å²) in [5.41, 5.74) is 0.843. The first-order valence-corrected chi connectivity index (χ1v) is 7.59. The largest absolute Gasteiger partial charge is 0.310 e. The fourth-order valence-corrected chi connectivity index (χ4v) is 3.76. The van der Waals surface area contributed by atoms with Crippen molar-refractivity contribution in [3.8, 4) is 0 Å². The molecule has 0 aromatic heterocycles. The first kappa shape index (κ1) is 14.5. The molecule has 19 heavy (non-hydrogen) atoms. The maximum atomic E-state index is 14.1. The van der Waals surface area contributed by atoms with E-state index in [1.165, 1.54) is 19.3 Å². The highest BCUT2D eigenvalue weighted by Crippen LogP contribution is 2.40. The lowest BCUT2D eigenvalue weighted by Crippen LogP contribution is -2.33. The molecule has 3 atom stereocenters. The Morgan fingerprint density at radius 2 is 1.79 bits per heavy atom. The van der Waals surface area contributed by atoms with Gasteiger partial charge >= 0.3 is 0 Å². The zero-order chi connectivity index (χ0) is 13.8. The zero-order valence-electron chi connectivity index (χ0n) is 12.3. The maximum Gasteiger partial charge on any atom is 0.127 e. The van der Waals surface area contributed by atoms with Crippen LogP contribution in [0, 0.1) is 23.6 Å². The van der Waals surface area contributed by atoms with Gasteiger partial charge in [0.25, 0.3) is 0 Å². The Bertz CT molecular complexity index is 394. The Morgan fingerprint density at radius 3 is 2.37 bits per heavy atom. The molecular weight excluding hydrogens is 237 g/mol. The third kappa shape index (κ3) is 3.56. The Morgan fingerprint density at radius 1 is 1.16 bits per heavy atom. The van der Waals surface area contributed by atoms with Crippen molar-refractivity contribution in [2.45, 2.75) is 46.1 Å². The van der Waals surface area contributed by atoms with Crippen LogP contribution >= 0.6 is 0 Å². The first-order chi connectivity index (χ1) is 9.11. The standard InChI is InChI=1S/C17H26FN/c1-4-19-17(15-7-5-6-8-16(15)18)14-10-12(2)9-13(3)11-14/h5-8,12-14,17,19H,4,9-11H2,1-3H3. The number of benzene rings is 1. The summed E-state index contributed by atoms with van der Waals surface area (Å²) in [4.78, 5) is 0. The molecular formula is C17H26FN. The van der Waals surface area contributed by atoms with Crippen molar-refractivity contribution in [1.82, 2.24) is 5.32 Å². The molecule has 1 saturated carbocycles. The van der Waals surface area contributed by atoms with Gasteiger partial charge in [-0.05, 0) is 49.6 Å². The summed E-state index contributed by atoms with van der Waals surface area (Å²) in [5.74, 6) is 1.98. The van der Waals surface area contributed by atoms with Gasteiger partial charge in [-0.15, -0.1) is 0 Å². The molecule has 0 radical (unpaired) electrons. The van der Waals surface area contributed by atoms with Crippen LogP contribution in [-0.2, 0) is 0 Å². The van der Waals surface area contributed by atoms with Gasteiger partial charge in [0.05, 0.1) is 0 Å². The molecule has 1 N–H and O–H groups in total. The normalized spacial score (nSPS) is 29.2. The van der Waals surface area contributed by atoms with Gasteiger partial charge in [-0.25, -0.2) is 4.39 Å². The quantitative estimate of drug-likeness (QED) is 0.840. The average Bonchev–Trinajstić information content (AvgIpc) is 2.36. The van der Waals surface area contributed by atoms with Gasteiger partial charge in [-0.2, -0.15) is 0 Å². The van der Waals surface area contributed by atoms with Crippen molar-refractivity contribution in [1.29, 1.82) is 0 Å². The fraction of sp³-hybridized carbons (Fsp3) is 0.647. The van der Waals surface area contributed by atoms with E-state index in [0.717, 1.165) is 23.9 Å². The van der Waals surface area contributed by atoms with E-state index < -0.39 is 0 Å². The van der Waals surface area contributed by atoms with E-state index in [1.807, 2.05) is 12.1 Å². The van der Waals surface area contributed by atoms with E-state index in [9.17, 15) is 4.39 Å². The molecule has 0 amide bonds. The van der Waals surface area contributed by atoms with Crippen molar-refractivity contribution in [3.63, 3.8) is 0 Å². The Labute approximate surface area is 116 Å². The second-order valence-corrected chi connectivity index (χ2v) is 6.23. The van der Waals surface area contributed by atoms with Crippen LogP contribution in [0.15, 0.2) is 24.3 Å². The zero-order valence-corrected chi connectivity index (χ0v) is 12.3. The summed E-state index contributed by atoms with van der Waals surface area (Å²) >= 11 is 0. The molecule has 0 aliphatic heterocycles. The van der Waals surface area contributed by atoms with Gasteiger partial charge in [0.15, 0.2) is 0 Å². The lowest BCUT2D eigenvalue weighted by atomic mass is 9.72. The molecule has 1 aromatic carbocycles. The molecule has 1 aliphatic carbocycles. The van der Waals surface area contributed by atoms with Crippen LogP contribution < -0.4 is 5.32 Å². The van der Waals surface area contributed by atoms with Crippen molar-refractivity contribution >= 4 is 0 Å². The molecule has 0 spiro atoms. The lowest BCUT2D eigenvalue weighted by molar-refractivity contribution is 0.175. The van der Waals surface area contributed by atoms with Crippen LogP contribution in [0.4, 0.5) is 4.39 Å². The summed E-state index contributed by atoms with van der Waals surface area (Å²) in [6.07, 6.45) is 3.72. The molecule has 3 unspecified atom stereocenters. The molecule has 106 valence electrons. The number of hydrogen-bond donors (Lipinski definition) is 1. The SMILES string of the molecule is CCNC(c1ccccc1F)C1CC(C)CC(C)C1. The summed E-state index contributed by atoms with van der Waals surface area (Å²) in [6, 6.07) is 7.39. The first-order valence-electron chi connectivity index (χ1n) is 7.59. The highest BCUT2D eigenvalue weighted by atomic mass is 19.1. The fourth-order valence-electron chi connectivity index (χ4n) is 3.76. The highest BCUT2D eigenvalue weighted by molar-refractivity contribution is 5.22. The second kappa shape index (κ2) is 6.51. The minimum atomic E-state index is -0.0701. The number of halogens is 1. The van der Waals surface area contributed by atoms with E-state index in [2.05, 4.69) is 26.1 Å². The second-order valence-electron chi connectivity index (χ2n) is 6.23. The van der Waals surface area contributed by atoms with Crippen molar-refractivity contribution in [3.05, 3.63) is 35.6 Å². The van der Waals surface area contributed by atoms with Crippen molar-refractivity contribution < 1.29 is 4.39 Å². The minimum Gasteiger partial charge on any atom is -0.310 e. The van der Waals surface area contributed by atoms with Gasteiger partial charge < -0.3 is 5.32 Å². The van der Waals surface area contributed by atoms with E-state index in [-0.39, 0.29) is 11.9 Å². The Hall–Kier alpha value is -0.890. The number of nitrogens with one attached hydrogen (secondary N) is 1. The monoisotopic (exact) mass is 263 g/mol. The van der Waals surface area contributed by atoms with Gasteiger partial charge in [0.1, 0.15) is 5.82 Å². The van der Waals surface area contributed by atoms with Gasteiger partial charge in [0, 0.05) is 11.6 Å². The summed E-state index contributed by atoms with van der Waals surface area (Å²) in [6.45, 7) is 7.64. The predicted octanol–water partition coefficient (Wildman–Crippen LogP) is 4.55. The molecule has 0 heterocycles. The van der Waals surface area contributed by atoms with Crippen LogP contribution in [0.5, 0.6) is 0 Å². The summed E-state index contributed by atoms with van der Waals surface area (Å²) < 4.78 is 14.1. The third-order valence-corrected chi connectivity index (χ3v) is 4.35. The lowest BCUT2D eigenvalue weighted by Gasteiger charge is -2.37. The molecule has 1 fully saturated rings. The summed E-state index contributed by atoms with van der Waals surface area (Å²) in [5, 5.41) is 3.51. The van der Waals surface area contributed by atoms with Crippen LogP contribution in [-0.4, -0.2) is 6.54 Å². The average molecular weight is 263 g/mol. The van der Waals surface area contributed by atoms with Crippen LogP contribution in [0.3, 0.4) is 0 Å². The molecule has 1 aromatic rings. The van der Waals surface area contributed by atoms with Gasteiger partial charge in [0.2, 0.25) is 0 Å². The molecule has 2 rings (SSSR count). The van der Waals surface area contributed by atoms with Crippen molar-refractivity contribution in [2.75, 3.05) is 6.54 Å². The Kier molecular flexibility index (Phi) is 4.98. The molecule has 1 nitrogen and oxygen atoms in total. The summed E-state index contributed by atoms with van der Waals surface area (Å²) in [7, 11) is 0. The smallest absolute Gasteiger partial charge is 0.127 e. The van der Waals surface area contributed by atoms with E-state index in [0.29, 0.717) is 5.92 Å². The third-order valence-electron chi connectivity index (χ3n) is 4.35. The number of rotatable bonds is 4. The minimum absolute atomic E-state index is 0.0701. The topological polar surface area (TPSA) is 12.0 Å². The van der Waals surface area contributed by atoms with Crippen LogP contribution in [0.1, 0.15) is 51.6 Å². The molecule has 2 heteroatoms.